The summed E-state index contributed by atoms with van der Waals surface area (Å²) in [6, 6.07) is 3.77. The van der Waals surface area contributed by atoms with Crippen molar-refractivity contribution in [1.82, 2.24) is 10.3 Å². The van der Waals surface area contributed by atoms with Gasteiger partial charge in [-0.3, -0.25) is 4.98 Å². The van der Waals surface area contributed by atoms with Crippen LogP contribution in [0.25, 0.3) is 0 Å². The molecule has 6 heteroatoms. The minimum Gasteiger partial charge on any atom is -0.371 e. The third-order valence-electron chi connectivity index (χ3n) is 2.17. The molecule has 0 fully saturated rings. The van der Waals surface area contributed by atoms with Gasteiger partial charge in [-0.25, -0.2) is 0 Å². The molecule has 1 aromatic heterocycles. The van der Waals surface area contributed by atoms with Crippen molar-refractivity contribution in [3.8, 4) is 0 Å². The van der Waals surface area contributed by atoms with Gasteiger partial charge < -0.3 is 10.1 Å². The van der Waals surface area contributed by atoms with Gasteiger partial charge in [-0.05, 0) is 24.6 Å². The molecule has 3 nitrogen and oxygen atoms in total. The van der Waals surface area contributed by atoms with E-state index < -0.39 is 12.8 Å². The zero-order chi connectivity index (χ0) is 12.7. The third-order valence-corrected chi connectivity index (χ3v) is 2.17. The van der Waals surface area contributed by atoms with Crippen molar-refractivity contribution in [3.05, 3.63) is 30.1 Å². The lowest BCUT2D eigenvalue weighted by molar-refractivity contribution is -0.173. The molecule has 0 saturated carbocycles. The fourth-order valence-electron chi connectivity index (χ4n) is 1.31. The number of alkyl halides is 3. The Labute approximate surface area is 98.0 Å². The largest absolute Gasteiger partial charge is 0.411 e. The van der Waals surface area contributed by atoms with E-state index in [1.165, 1.54) is 0 Å². The summed E-state index contributed by atoms with van der Waals surface area (Å²) in [7, 11) is 0. The Morgan fingerprint density at radius 1 is 1.35 bits per heavy atom. The van der Waals surface area contributed by atoms with Gasteiger partial charge in [0.1, 0.15) is 6.61 Å². The van der Waals surface area contributed by atoms with Crippen molar-refractivity contribution in [2.45, 2.75) is 19.1 Å². The predicted molar refractivity (Wildman–Crippen MR) is 57.5 cm³/mol. The topological polar surface area (TPSA) is 34.1 Å². The van der Waals surface area contributed by atoms with E-state index in [4.69, 9.17) is 0 Å². The summed E-state index contributed by atoms with van der Waals surface area (Å²) in [5, 5.41) is 3.07. The minimum absolute atomic E-state index is 0.0366. The van der Waals surface area contributed by atoms with Crippen LogP contribution in [0.4, 0.5) is 13.2 Å². The van der Waals surface area contributed by atoms with Gasteiger partial charge in [0.2, 0.25) is 0 Å². The highest BCUT2D eigenvalue weighted by molar-refractivity contribution is 5.13. The number of nitrogens with zero attached hydrogens (tertiary/aromatic N) is 1. The molecule has 1 aromatic rings. The van der Waals surface area contributed by atoms with Gasteiger partial charge in [0.15, 0.2) is 0 Å². The highest BCUT2D eigenvalue weighted by atomic mass is 19.4. The van der Waals surface area contributed by atoms with Gasteiger partial charge in [0, 0.05) is 25.0 Å². The maximum absolute atomic E-state index is 11.8. The smallest absolute Gasteiger partial charge is 0.371 e. The Morgan fingerprint density at radius 2 is 2.00 bits per heavy atom. The Bertz CT molecular complexity index is 316. The van der Waals surface area contributed by atoms with Crippen molar-refractivity contribution in [2.75, 3.05) is 19.8 Å². The number of nitrogens with one attached hydrogen (secondary N) is 1. The number of pyridine rings is 1. The predicted octanol–water partition coefficient (Wildman–Crippen LogP) is 2.31. The van der Waals surface area contributed by atoms with E-state index >= 15 is 0 Å². The van der Waals surface area contributed by atoms with E-state index in [1.807, 2.05) is 19.1 Å². The number of ether oxygens (including phenoxy) is 1. The van der Waals surface area contributed by atoms with Crippen LogP contribution < -0.4 is 5.32 Å². The minimum atomic E-state index is -4.25. The fraction of sp³-hybridized carbons (Fsp3) is 0.545. The number of hydrogen-bond acceptors (Lipinski definition) is 3. The van der Waals surface area contributed by atoms with Gasteiger partial charge >= 0.3 is 6.18 Å². The first kappa shape index (κ1) is 13.9. The lowest BCUT2D eigenvalue weighted by Gasteiger charge is -2.14. The Balaban J connectivity index is 2.15. The summed E-state index contributed by atoms with van der Waals surface area (Å²) in [4.78, 5) is 3.89. The van der Waals surface area contributed by atoms with Gasteiger partial charge in [-0.2, -0.15) is 13.2 Å². The molecule has 1 heterocycles. The summed E-state index contributed by atoms with van der Waals surface area (Å²) in [5.41, 5.74) is 1.04. The molecular formula is C11H15F3N2O. The first-order valence-electron chi connectivity index (χ1n) is 5.27. The number of rotatable bonds is 6. The zero-order valence-electron chi connectivity index (χ0n) is 9.50. The van der Waals surface area contributed by atoms with Crippen LogP contribution in [0.3, 0.4) is 0 Å². The molecule has 0 aromatic carbocycles. The van der Waals surface area contributed by atoms with Crippen LogP contribution in [0.1, 0.15) is 18.5 Å². The number of hydrogen-bond donors (Lipinski definition) is 1. The molecule has 0 amide bonds. The molecule has 0 aliphatic rings. The van der Waals surface area contributed by atoms with Gasteiger partial charge in [-0.1, -0.05) is 0 Å². The lowest BCUT2D eigenvalue weighted by Crippen LogP contribution is -2.25. The number of halogens is 3. The van der Waals surface area contributed by atoms with E-state index in [0.29, 0.717) is 6.54 Å². The molecule has 0 bridgehead atoms. The van der Waals surface area contributed by atoms with Gasteiger partial charge in [0.05, 0.1) is 6.61 Å². The molecule has 17 heavy (non-hydrogen) atoms. The van der Waals surface area contributed by atoms with E-state index in [2.05, 4.69) is 15.0 Å². The summed E-state index contributed by atoms with van der Waals surface area (Å²) >= 11 is 0. The molecule has 0 saturated heterocycles. The quantitative estimate of drug-likeness (QED) is 0.784. The molecule has 1 unspecified atom stereocenters. The third kappa shape index (κ3) is 6.23. The van der Waals surface area contributed by atoms with Crippen LogP contribution in [0.15, 0.2) is 24.5 Å². The SMILES string of the molecule is CC(NCCOCC(F)(F)F)c1ccncc1. The second-order valence-electron chi connectivity index (χ2n) is 3.62. The van der Waals surface area contributed by atoms with E-state index in [0.717, 1.165) is 5.56 Å². The second kappa shape index (κ2) is 6.56. The van der Waals surface area contributed by atoms with Gasteiger partial charge in [-0.15, -0.1) is 0 Å². The second-order valence-corrected chi connectivity index (χ2v) is 3.62. The van der Waals surface area contributed by atoms with Crippen LogP contribution >= 0.6 is 0 Å². The molecule has 1 atom stereocenters. The monoisotopic (exact) mass is 248 g/mol. The number of aromatic nitrogens is 1. The Morgan fingerprint density at radius 3 is 2.59 bits per heavy atom. The van der Waals surface area contributed by atoms with Crippen molar-refractivity contribution < 1.29 is 17.9 Å². The Kier molecular flexibility index (Phi) is 5.37. The Hall–Kier alpha value is -1.14. The van der Waals surface area contributed by atoms with Crippen molar-refractivity contribution in [1.29, 1.82) is 0 Å². The molecule has 0 spiro atoms. The van der Waals surface area contributed by atoms with Gasteiger partial charge in [0.25, 0.3) is 0 Å². The molecule has 1 N–H and O–H groups in total. The maximum atomic E-state index is 11.8. The summed E-state index contributed by atoms with van der Waals surface area (Å²) in [6.45, 7) is 1.14. The molecule has 1 rings (SSSR count). The van der Waals surface area contributed by atoms with E-state index in [-0.39, 0.29) is 12.6 Å². The lowest BCUT2D eigenvalue weighted by atomic mass is 10.1. The molecule has 0 radical (unpaired) electrons. The first-order valence-corrected chi connectivity index (χ1v) is 5.27. The van der Waals surface area contributed by atoms with Crippen molar-refractivity contribution >= 4 is 0 Å². The highest BCUT2D eigenvalue weighted by Crippen LogP contribution is 2.14. The van der Waals surface area contributed by atoms with Crippen molar-refractivity contribution in [3.63, 3.8) is 0 Å². The van der Waals surface area contributed by atoms with Crippen LogP contribution in [-0.2, 0) is 4.74 Å². The summed E-state index contributed by atoms with van der Waals surface area (Å²) in [6.07, 6.45) is -0.905. The molecule has 0 aliphatic heterocycles. The fourth-order valence-corrected chi connectivity index (χ4v) is 1.31. The molecule has 96 valence electrons. The van der Waals surface area contributed by atoms with Crippen LogP contribution in [0.5, 0.6) is 0 Å². The normalized spacial score (nSPS) is 13.6. The zero-order valence-corrected chi connectivity index (χ0v) is 9.50. The van der Waals surface area contributed by atoms with Crippen LogP contribution in [0, 0.1) is 0 Å². The first-order chi connectivity index (χ1) is 7.99. The maximum Gasteiger partial charge on any atom is 0.411 e. The van der Waals surface area contributed by atoms with E-state index in [9.17, 15) is 13.2 Å². The van der Waals surface area contributed by atoms with Crippen molar-refractivity contribution in [2.24, 2.45) is 0 Å². The molecule has 0 aliphatic carbocycles. The van der Waals surface area contributed by atoms with E-state index in [1.54, 1.807) is 12.4 Å². The highest BCUT2D eigenvalue weighted by Gasteiger charge is 2.27. The average Bonchev–Trinajstić information content (AvgIpc) is 2.28. The summed E-state index contributed by atoms with van der Waals surface area (Å²) < 4.78 is 39.7. The standard InChI is InChI=1S/C11H15F3N2O/c1-9(10-2-4-15-5-3-10)16-6-7-17-8-11(12,13)14/h2-5,9,16H,6-8H2,1H3. The van der Waals surface area contributed by atoms with Crippen LogP contribution in [0.2, 0.25) is 0 Å². The average molecular weight is 248 g/mol. The summed E-state index contributed by atoms with van der Waals surface area (Å²) in [5.74, 6) is 0. The molecular weight excluding hydrogens is 233 g/mol. The van der Waals surface area contributed by atoms with Crippen LogP contribution in [-0.4, -0.2) is 30.9 Å².